The summed E-state index contributed by atoms with van der Waals surface area (Å²) in [4.78, 5) is 25.6. The van der Waals surface area contributed by atoms with Crippen LogP contribution in [0.2, 0.25) is 0 Å². The zero-order chi connectivity index (χ0) is 16.2. The number of rotatable bonds is 4. The number of nitrogens with two attached hydrogens (primary N) is 1. The van der Waals surface area contributed by atoms with Crippen LogP contribution in [0.15, 0.2) is 0 Å². The predicted molar refractivity (Wildman–Crippen MR) is 84.3 cm³/mol. The van der Waals surface area contributed by atoms with Gasteiger partial charge in [-0.2, -0.15) is 0 Å². The van der Waals surface area contributed by atoms with Gasteiger partial charge in [0, 0.05) is 12.1 Å². The molecule has 5 aliphatic rings. The number of nitrogens with one attached hydrogen (secondary N) is 1. The van der Waals surface area contributed by atoms with Gasteiger partial charge in [0.1, 0.15) is 6.04 Å². The lowest BCUT2D eigenvalue weighted by Gasteiger charge is -2.60. The summed E-state index contributed by atoms with van der Waals surface area (Å²) in [6.45, 7) is 0.871. The van der Waals surface area contributed by atoms with Gasteiger partial charge in [0.2, 0.25) is 11.8 Å². The average molecular weight is 321 g/mol. The van der Waals surface area contributed by atoms with Crippen LogP contribution in [-0.4, -0.2) is 52.1 Å². The molecule has 2 amide bonds. The van der Waals surface area contributed by atoms with Crippen LogP contribution in [-0.2, 0) is 9.59 Å². The SMILES string of the molecule is NC(=O)C1CCCN1C(=O)CNC12C[C@@H]3C[C@@H](CC(O)(C3)C1)C2. The van der Waals surface area contributed by atoms with Crippen LogP contribution in [0.3, 0.4) is 0 Å². The number of primary amides is 1. The van der Waals surface area contributed by atoms with E-state index >= 15 is 0 Å². The maximum absolute atomic E-state index is 12.5. The second-order valence-corrected chi connectivity index (χ2v) is 8.47. The number of amides is 2. The van der Waals surface area contributed by atoms with Crippen LogP contribution in [0.5, 0.6) is 0 Å². The Morgan fingerprint density at radius 1 is 1.22 bits per heavy atom. The Kier molecular flexibility index (Phi) is 3.47. The van der Waals surface area contributed by atoms with Gasteiger partial charge in [-0.15, -0.1) is 0 Å². The van der Waals surface area contributed by atoms with Crippen LogP contribution in [0.25, 0.3) is 0 Å². The van der Waals surface area contributed by atoms with Crippen molar-refractivity contribution >= 4 is 11.8 Å². The van der Waals surface area contributed by atoms with E-state index in [9.17, 15) is 14.7 Å². The molecule has 0 aromatic rings. The number of hydrogen-bond acceptors (Lipinski definition) is 4. The van der Waals surface area contributed by atoms with Crippen molar-refractivity contribution in [2.24, 2.45) is 17.6 Å². The summed E-state index contributed by atoms with van der Waals surface area (Å²) in [6, 6.07) is -0.440. The quantitative estimate of drug-likeness (QED) is 0.686. The molecule has 1 aliphatic heterocycles. The minimum atomic E-state index is -0.524. The highest BCUT2D eigenvalue weighted by atomic mass is 16.3. The minimum Gasteiger partial charge on any atom is -0.390 e. The van der Waals surface area contributed by atoms with Gasteiger partial charge in [-0.1, -0.05) is 0 Å². The first kappa shape index (κ1) is 15.4. The minimum absolute atomic E-state index is 0.0333. The van der Waals surface area contributed by atoms with E-state index in [0.717, 1.165) is 38.5 Å². The molecule has 4 saturated carbocycles. The van der Waals surface area contributed by atoms with Gasteiger partial charge < -0.3 is 21.1 Å². The molecule has 5 fully saturated rings. The van der Waals surface area contributed by atoms with Gasteiger partial charge in [0.25, 0.3) is 0 Å². The van der Waals surface area contributed by atoms with Gasteiger partial charge in [0.05, 0.1) is 12.1 Å². The number of nitrogens with zero attached hydrogens (tertiary/aromatic N) is 1. The first-order valence-electron chi connectivity index (χ1n) is 8.94. The summed E-state index contributed by atoms with van der Waals surface area (Å²) in [5.74, 6) is 0.747. The van der Waals surface area contributed by atoms with E-state index < -0.39 is 17.6 Å². The van der Waals surface area contributed by atoms with E-state index in [2.05, 4.69) is 5.32 Å². The van der Waals surface area contributed by atoms with Crippen molar-refractivity contribution in [3.63, 3.8) is 0 Å². The molecule has 23 heavy (non-hydrogen) atoms. The lowest BCUT2D eigenvalue weighted by Crippen LogP contribution is -2.65. The van der Waals surface area contributed by atoms with Crippen molar-refractivity contribution in [1.29, 1.82) is 0 Å². The second kappa shape index (κ2) is 5.18. The topological polar surface area (TPSA) is 95.7 Å². The van der Waals surface area contributed by atoms with Gasteiger partial charge >= 0.3 is 0 Å². The van der Waals surface area contributed by atoms with E-state index in [1.165, 1.54) is 6.42 Å². The summed E-state index contributed by atoms with van der Waals surface area (Å²) < 4.78 is 0. The Hall–Kier alpha value is -1.14. The van der Waals surface area contributed by atoms with Gasteiger partial charge in [-0.3, -0.25) is 9.59 Å². The number of carbonyl (C=O) groups excluding carboxylic acids is 2. The molecule has 5 atom stereocenters. The standard InChI is InChI=1S/C17H27N3O3/c18-15(22)13-2-1-3-20(13)14(21)9-19-16-5-11-4-12(6-16)8-17(23,7-11)10-16/h11-13,19,23H,1-10H2,(H2,18,22)/t11-,12+,13?,16?,17?. The van der Waals surface area contributed by atoms with Crippen LogP contribution < -0.4 is 11.1 Å². The van der Waals surface area contributed by atoms with Crippen molar-refractivity contribution in [2.45, 2.75) is 68.5 Å². The Labute approximate surface area is 136 Å². The fraction of sp³-hybridized carbons (Fsp3) is 0.882. The normalized spacial score (nSPS) is 44.7. The van der Waals surface area contributed by atoms with Gasteiger partial charge in [0.15, 0.2) is 0 Å². The van der Waals surface area contributed by atoms with Crippen molar-refractivity contribution in [3.05, 3.63) is 0 Å². The lowest BCUT2D eigenvalue weighted by atomic mass is 9.51. The van der Waals surface area contributed by atoms with Gasteiger partial charge in [-0.25, -0.2) is 0 Å². The molecule has 6 nitrogen and oxygen atoms in total. The highest BCUT2D eigenvalue weighted by molar-refractivity contribution is 5.88. The van der Waals surface area contributed by atoms with Crippen molar-refractivity contribution < 1.29 is 14.7 Å². The lowest BCUT2D eigenvalue weighted by molar-refractivity contribution is -0.148. The number of carbonyl (C=O) groups is 2. The Bertz CT molecular complexity index is 521. The molecule has 3 unspecified atom stereocenters. The molecule has 5 rings (SSSR count). The fourth-order valence-electron chi connectivity index (χ4n) is 6.15. The van der Waals surface area contributed by atoms with E-state index in [1.54, 1.807) is 4.90 Å². The van der Waals surface area contributed by atoms with Crippen LogP contribution in [0.4, 0.5) is 0 Å². The first-order valence-corrected chi connectivity index (χ1v) is 8.94. The molecule has 6 heteroatoms. The summed E-state index contributed by atoms with van der Waals surface area (Å²) in [7, 11) is 0. The number of likely N-dealkylation sites (tertiary alicyclic amines) is 1. The van der Waals surface area contributed by atoms with Crippen LogP contribution in [0, 0.1) is 11.8 Å². The second-order valence-electron chi connectivity index (χ2n) is 8.47. The Balaban J connectivity index is 1.41. The molecule has 0 spiro atoms. The molecule has 1 heterocycles. The summed E-state index contributed by atoms with van der Waals surface area (Å²) in [5, 5.41) is 14.2. The average Bonchev–Trinajstić information content (AvgIpc) is 2.91. The molecule has 4 aliphatic carbocycles. The summed E-state index contributed by atoms with van der Waals surface area (Å²) in [6.07, 6.45) is 7.50. The van der Waals surface area contributed by atoms with E-state index in [0.29, 0.717) is 24.8 Å². The maximum Gasteiger partial charge on any atom is 0.240 e. The van der Waals surface area contributed by atoms with Crippen molar-refractivity contribution in [1.82, 2.24) is 10.2 Å². The number of hydrogen-bond donors (Lipinski definition) is 3. The molecule has 1 saturated heterocycles. The molecule has 0 aromatic heterocycles. The highest BCUT2D eigenvalue weighted by Crippen LogP contribution is 2.57. The smallest absolute Gasteiger partial charge is 0.240 e. The maximum atomic E-state index is 12.5. The zero-order valence-electron chi connectivity index (χ0n) is 13.6. The summed E-state index contributed by atoms with van der Waals surface area (Å²) >= 11 is 0. The predicted octanol–water partition coefficient (Wildman–Crippen LogP) is 0.136. The van der Waals surface area contributed by atoms with Crippen LogP contribution >= 0.6 is 0 Å². The van der Waals surface area contributed by atoms with E-state index in [1.807, 2.05) is 0 Å². The highest BCUT2D eigenvalue weighted by Gasteiger charge is 2.57. The van der Waals surface area contributed by atoms with E-state index in [4.69, 9.17) is 5.73 Å². The first-order chi connectivity index (χ1) is 10.9. The third-order valence-corrected chi connectivity index (χ3v) is 6.55. The Morgan fingerprint density at radius 2 is 1.91 bits per heavy atom. The van der Waals surface area contributed by atoms with Crippen LogP contribution in [0.1, 0.15) is 51.4 Å². The Morgan fingerprint density at radius 3 is 2.52 bits per heavy atom. The van der Waals surface area contributed by atoms with E-state index in [-0.39, 0.29) is 18.0 Å². The van der Waals surface area contributed by atoms with Crippen molar-refractivity contribution in [3.8, 4) is 0 Å². The molecule has 128 valence electrons. The fourth-order valence-corrected chi connectivity index (χ4v) is 6.15. The monoisotopic (exact) mass is 321 g/mol. The molecular weight excluding hydrogens is 294 g/mol. The number of aliphatic hydroxyl groups is 1. The van der Waals surface area contributed by atoms with Crippen molar-refractivity contribution in [2.75, 3.05) is 13.1 Å². The molecule has 0 radical (unpaired) electrons. The van der Waals surface area contributed by atoms with Gasteiger partial charge in [-0.05, 0) is 63.2 Å². The third kappa shape index (κ3) is 2.66. The molecule has 0 aromatic carbocycles. The molecular formula is C17H27N3O3. The third-order valence-electron chi connectivity index (χ3n) is 6.55. The summed E-state index contributed by atoms with van der Waals surface area (Å²) in [5.41, 5.74) is 4.79. The molecule has 4 bridgehead atoms. The molecule has 4 N–H and O–H groups in total. The zero-order valence-corrected chi connectivity index (χ0v) is 13.6. The largest absolute Gasteiger partial charge is 0.390 e.